The first kappa shape index (κ1) is 24.3. The Kier molecular flexibility index (Phi) is 6.51. The van der Waals surface area contributed by atoms with Crippen LogP contribution in [0.25, 0.3) is 10.9 Å². The number of alkyl halides is 3. The maximum atomic E-state index is 13.0. The summed E-state index contributed by atoms with van der Waals surface area (Å²) >= 11 is 0. The molecule has 0 atom stereocenters. The lowest BCUT2D eigenvalue weighted by atomic mass is 9.93. The van der Waals surface area contributed by atoms with Crippen molar-refractivity contribution in [3.05, 3.63) is 78.4 Å². The summed E-state index contributed by atoms with van der Waals surface area (Å²) in [7, 11) is 0. The van der Waals surface area contributed by atoms with Gasteiger partial charge in [-0.2, -0.15) is 13.2 Å². The molecule has 2 aromatic heterocycles. The number of nitrogens with one attached hydrogen (secondary N) is 1. The van der Waals surface area contributed by atoms with Crippen LogP contribution in [-0.2, 0) is 11.0 Å². The first-order valence-electron chi connectivity index (χ1n) is 11.6. The number of fused-ring (bicyclic) bond motifs is 1. The van der Waals surface area contributed by atoms with E-state index in [-0.39, 0.29) is 11.6 Å². The fourth-order valence-corrected chi connectivity index (χ4v) is 4.37. The van der Waals surface area contributed by atoms with Gasteiger partial charge in [0.05, 0.1) is 16.8 Å². The lowest BCUT2D eigenvalue weighted by Gasteiger charge is -2.28. The molecule has 3 heterocycles. The molecule has 1 aliphatic heterocycles. The van der Waals surface area contributed by atoms with Crippen molar-refractivity contribution in [2.24, 2.45) is 0 Å². The van der Waals surface area contributed by atoms with Gasteiger partial charge >= 0.3 is 12.2 Å². The van der Waals surface area contributed by atoms with Crippen LogP contribution in [0.4, 0.5) is 23.7 Å². The van der Waals surface area contributed by atoms with Crippen LogP contribution in [0.5, 0.6) is 11.6 Å². The monoisotopic (exact) mass is 509 g/mol. The fourth-order valence-electron chi connectivity index (χ4n) is 4.37. The number of hydrogen-bond acceptors (Lipinski definition) is 5. The van der Waals surface area contributed by atoms with Crippen LogP contribution < -0.4 is 10.1 Å². The number of nitrogens with zero attached hydrogens (tertiary/aromatic N) is 4. The number of carbonyl (C=O) groups is 2. The second-order valence-corrected chi connectivity index (χ2v) is 8.71. The van der Waals surface area contributed by atoms with Gasteiger partial charge in [-0.25, -0.2) is 14.8 Å². The molecule has 0 spiro atoms. The zero-order valence-electron chi connectivity index (χ0n) is 19.5. The first-order chi connectivity index (χ1) is 17.8. The fraction of sp³-hybridized carbons (Fsp3) is 0.231. The molecule has 4 aromatic rings. The van der Waals surface area contributed by atoms with Crippen molar-refractivity contribution in [1.82, 2.24) is 19.4 Å². The molecule has 0 saturated carbocycles. The van der Waals surface area contributed by atoms with Gasteiger partial charge in [0.15, 0.2) is 0 Å². The van der Waals surface area contributed by atoms with E-state index in [1.807, 2.05) is 0 Å². The molecule has 190 valence electrons. The molecule has 2 aromatic carbocycles. The summed E-state index contributed by atoms with van der Waals surface area (Å²) in [5.41, 5.74) is 0.609. The highest BCUT2D eigenvalue weighted by Gasteiger charge is 2.30. The average molecular weight is 509 g/mol. The highest BCUT2D eigenvalue weighted by molar-refractivity contribution is 5.98. The third kappa shape index (κ3) is 5.40. The van der Waals surface area contributed by atoms with Crippen LogP contribution in [0.3, 0.4) is 0 Å². The first-order valence-corrected chi connectivity index (χ1v) is 11.6. The summed E-state index contributed by atoms with van der Waals surface area (Å²) in [4.78, 5) is 34.0. The molecule has 1 aliphatic rings. The normalized spacial score (nSPS) is 14.5. The van der Waals surface area contributed by atoms with E-state index in [4.69, 9.17) is 4.74 Å². The topological polar surface area (TPSA) is 89.4 Å². The number of aromatic nitrogens is 3. The quantitative estimate of drug-likeness (QED) is 0.351. The van der Waals surface area contributed by atoms with E-state index in [0.29, 0.717) is 35.6 Å². The Balaban J connectivity index is 1.29. The third-order valence-corrected chi connectivity index (χ3v) is 6.30. The van der Waals surface area contributed by atoms with Gasteiger partial charge in [0, 0.05) is 42.3 Å². The molecule has 1 saturated heterocycles. The number of amides is 2. The van der Waals surface area contributed by atoms with E-state index in [1.165, 1.54) is 29.2 Å². The lowest BCUT2D eigenvalue weighted by molar-refractivity contribution is -0.137. The van der Waals surface area contributed by atoms with Crippen LogP contribution in [-0.4, -0.2) is 45.0 Å². The number of rotatable bonds is 5. The van der Waals surface area contributed by atoms with Crippen LogP contribution >= 0.6 is 0 Å². The predicted molar refractivity (Wildman–Crippen MR) is 130 cm³/mol. The lowest BCUT2D eigenvalue weighted by Crippen LogP contribution is -2.31. The highest BCUT2D eigenvalue weighted by atomic mass is 19.4. The van der Waals surface area contributed by atoms with E-state index in [0.717, 1.165) is 37.1 Å². The summed E-state index contributed by atoms with van der Waals surface area (Å²) in [6.07, 6.45) is 0.975. The summed E-state index contributed by atoms with van der Waals surface area (Å²) in [6.45, 7) is 1.37. The smallest absolute Gasteiger partial charge is 0.416 e. The minimum absolute atomic E-state index is 0.0398. The van der Waals surface area contributed by atoms with Crippen molar-refractivity contribution >= 4 is 29.0 Å². The van der Waals surface area contributed by atoms with Crippen molar-refractivity contribution < 1.29 is 27.5 Å². The Hall–Kier alpha value is -4.41. The molecule has 1 N–H and O–H groups in total. The van der Waals surface area contributed by atoms with Crippen LogP contribution in [0.2, 0.25) is 0 Å². The van der Waals surface area contributed by atoms with Gasteiger partial charge < -0.3 is 15.0 Å². The van der Waals surface area contributed by atoms with Gasteiger partial charge in [0.1, 0.15) is 12.1 Å². The van der Waals surface area contributed by atoms with E-state index in [2.05, 4.69) is 15.3 Å². The molecule has 37 heavy (non-hydrogen) atoms. The van der Waals surface area contributed by atoms with Crippen molar-refractivity contribution in [2.75, 3.05) is 18.4 Å². The van der Waals surface area contributed by atoms with Gasteiger partial charge in [-0.1, -0.05) is 6.07 Å². The number of halogens is 3. The molecular weight excluding hydrogens is 487 g/mol. The highest BCUT2D eigenvalue weighted by Crippen LogP contribution is 2.32. The predicted octanol–water partition coefficient (Wildman–Crippen LogP) is 5.66. The Bertz CT molecular complexity index is 1440. The van der Waals surface area contributed by atoms with Crippen LogP contribution in [0.15, 0.2) is 67.1 Å². The molecule has 2 amide bonds. The minimum atomic E-state index is -4.50. The van der Waals surface area contributed by atoms with Crippen LogP contribution in [0.1, 0.15) is 30.0 Å². The minimum Gasteiger partial charge on any atom is -0.439 e. The van der Waals surface area contributed by atoms with Crippen molar-refractivity contribution in [2.45, 2.75) is 24.9 Å². The molecule has 5 rings (SSSR count). The summed E-state index contributed by atoms with van der Waals surface area (Å²) in [6, 6.07) is 12.5. The SMILES string of the molecule is O=CN1CCC(c2cc(Oc3ccc4c(ccn4C(=O)Nc4cccc(C(F)(F)F)c4)c3)ncn2)CC1. The van der Waals surface area contributed by atoms with E-state index >= 15 is 0 Å². The molecule has 0 bridgehead atoms. The average Bonchev–Trinajstić information content (AvgIpc) is 3.32. The van der Waals surface area contributed by atoms with Crippen molar-refractivity contribution in [3.8, 4) is 11.6 Å². The van der Waals surface area contributed by atoms with Gasteiger partial charge in [-0.05, 0) is 55.3 Å². The Labute approximate surface area is 209 Å². The molecule has 0 aliphatic carbocycles. The van der Waals surface area contributed by atoms with E-state index in [9.17, 15) is 22.8 Å². The largest absolute Gasteiger partial charge is 0.439 e. The standard InChI is InChI=1S/C26H22F3N5O3/c27-26(28,29)19-2-1-3-20(13-19)32-25(36)34-11-8-18-12-21(4-5-23(18)34)37-24-14-22(30-15-31-24)17-6-9-33(16-35)10-7-17/h1-5,8,11-17H,6-7,9-10H2,(H,32,36). The molecule has 8 nitrogen and oxygen atoms in total. The van der Waals surface area contributed by atoms with Gasteiger partial charge in [-0.15, -0.1) is 0 Å². The molecule has 0 unspecified atom stereocenters. The molecule has 1 fully saturated rings. The Morgan fingerprint density at radius 1 is 1.05 bits per heavy atom. The molecule has 0 radical (unpaired) electrons. The number of ether oxygens (including phenoxy) is 1. The summed E-state index contributed by atoms with van der Waals surface area (Å²) < 4.78 is 46.2. The van der Waals surface area contributed by atoms with Gasteiger partial charge in [0.25, 0.3) is 0 Å². The van der Waals surface area contributed by atoms with Gasteiger partial charge in [0.2, 0.25) is 12.3 Å². The number of piperidine rings is 1. The summed E-state index contributed by atoms with van der Waals surface area (Å²) in [5, 5.41) is 3.20. The van der Waals surface area contributed by atoms with Crippen molar-refractivity contribution in [1.29, 1.82) is 0 Å². The Morgan fingerprint density at radius 2 is 1.86 bits per heavy atom. The number of likely N-dealkylation sites (tertiary alicyclic amines) is 1. The Morgan fingerprint density at radius 3 is 2.62 bits per heavy atom. The number of benzene rings is 2. The maximum Gasteiger partial charge on any atom is 0.416 e. The number of anilines is 1. The van der Waals surface area contributed by atoms with E-state index < -0.39 is 17.8 Å². The zero-order valence-corrected chi connectivity index (χ0v) is 19.5. The molecule has 11 heteroatoms. The zero-order chi connectivity index (χ0) is 26.0. The number of carbonyl (C=O) groups excluding carboxylic acids is 2. The van der Waals surface area contributed by atoms with E-state index in [1.54, 1.807) is 35.2 Å². The number of hydrogen-bond donors (Lipinski definition) is 1. The second-order valence-electron chi connectivity index (χ2n) is 8.71. The van der Waals surface area contributed by atoms with Crippen molar-refractivity contribution in [3.63, 3.8) is 0 Å². The third-order valence-electron chi connectivity index (χ3n) is 6.30. The summed E-state index contributed by atoms with van der Waals surface area (Å²) in [5.74, 6) is 1.10. The van der Waals surface area contributed by atoms with Crippen LogP contribution in [0, 0.1) is 0 Å². The van der Waals surface area contributed by atoms with Gasteiger partial charge in [-0.3, -0.25) is 9.36 Å². The second kappa shape index (κ2) is 9.92. The molecular formula is C26H22F3N5O3. The maximum absolute atomic E-state index is 13.0.